The molecule has 0 atom stereocenters. The molecule has 1 aliphatic rings. The molecule has 2 heterocycles. The zero-order valence-electron chi connectivity index (χ0n) is 10.4. The first kappa shape index (κ1) is 13.3. The maximum atomic E-state index is 13.9. The Balaban J connectivity index is 2.01. The van der Waals surface area contributed by atoms with Crippen molar-refractivity contribution >= 4 is 39.9 Å². The second kappa shape index (κ2) is 5.35. The van der Waals surface area contributed by atoms with Gasteiger partial charge in [0, 0.05) is 16.3 Å². The first-order valence-electron chi connectivity index (χ1n) is 6.12. The molecule has 0 fully saturated rings. The third-order valence-corrected chi connectivity index (χ3v) is 3.80. The van der Waals surface area contributed by atoms with Crippen LogP contribution >= 0.6 is 22.6 Å². The lowest BCUT2D eigenvalue weighted by atomic mass is 10.0. The SMILES string of the molecule is O=C1NCCc2cncc(Nc3ccc(I)cc3F)c21. The highest BCUT2D eigenvalue weighted by Gasteiger charge is 2.21. The summed E-state index contributed by atoms with van der Waals surface area (Å²) in [7, 11) is 0. The number of amides is 1. The second-order valence-corrected chi connectivity index (χ2v) is 5.72. The second-order valence-electron chi connectivity index (χ2n) is 4.48. The quantitative estimate of drug-likeness (QED) is 0.785. The van der Waals surface area contributed by atoms with Gasteiger partial charge in [0.15, 0.2) is 0 Å². The maximum absolute atomic E-state index is 13.9. The van der Waals surface area contributed by atoms with Crippen LogP contribution in [-0.4, -0.2) is 17.4 Å². The molecule has 0 spiro atoms. The Morgan fingerprint density at radius 1 is 1.30 bits per heavy atom. The Bertz CT molecular complexity index is 690. The number of nitrogens with one attached hydrogen (secondary N) is 2. The number of fused-ring (bicyclic) bond motifs is 1. The number of carbonyl (C=O) groups is 1. The van der Waals surface area contributed by atoms with Crippen molar-refractivity contribution in [3.05, 3.63) is 51.1 Å². The lowest BCUT2D eigenvalue weighted by molar-refractivity contribution is 0.0947. The molecule has 3 rings (SSSR count). The van der Waals surface area contributed by atoms with Crippen molar-refractivity contribution in [1.29, 1.82) is 0 Å². The van der Waals surface area contributed by atoms with Crippen molar-refractivity contribution in [2.24, 2.45) is 0 Å². The molecule has 1 aromatic carbocycles. The van der Waals surface area contributed by atoms with Gasteiger partial charge in [-0.25, -0.2) is 4.39 Å². The molecule has 0 aliphatic carbocycles. The number of hydrogen-bond donors (Lipinski definition) is 2. The standard InChI is InChI=1S/C14H11FIN3O/c15-10-5-9(16)1-2-11(10)19-12-7-17-6-8-3-4-18-14(20)13(8)12/h1-2,5-7,19H,3-4H2,(H,18,20). The minimum atomic E-state index is -0.356. The molecule has 20 heavy (non-hydrogen) atoms. The molecule has 1 aromatic heterocycles. The maximum Gasteiger partial charge on any atom is 0.253 e. The normalized spacial score (nSPS) is 13.6. The molecule has 6 heteroatoms. The Kier molecular flexibility index (Phi) is 3.56. The Hall–Kier alpha value is -1.70. The van der Waals surface area contributed by atoms with Crippen LogP contribution in [0.3, 0.4) is 0 Å². The fourth-order valence-electron chi connectivity index (χ4n) is 2.19. The third kappa shape index (κ3) is 2.47. The van der Waals surface area contributed by atoms with E-state index in [0.717, 1.165) is 15.6 Å². The summed E-state index contributed by atoms with van der Waals surface area (Å²) >= 11 is 2.05. The number of benzene rings is 1. The number of hydrogen-bond acceptors (Lipinski definition) is 3. The molecule has 0 saturated carbocycles. The van der Waals surface area contributed by atoms with Gasteiger partial charge < -0.3 is 10.6 Å². The molecular formula is C14H11FIN3O. The van der Waals surface area contributed by atoms with Crippen molar-refractivity contribution in [2.45, 2.75) is 6.42 Å². The molecule has 0 unspecified atom stereocenters. The van der Waals surface area contributed by atoms with Crippen LogP contribution in [0.5, 0.6) is 0 Å². The van der Waals surface area contributed by atoms with Crippen LogP contribution in [0.2, 0.25) is 0 Å². The Morgan fingerprint density at radius 3 is 2.95 bits per heavy atom. The van der Waals surface area contributed by atoms with Gasteiger partial charge in [0.05, 0.1) is 23.1 Å². The van der Waals surface area contributed by atoms with Gasteiger partial charge in [0.2, 0.25) is 0 Å². The molecule has 1 amide bonds. The predicted molar refractivity (Wildman–Crippen MR) is 82.7 cm³/mol. The summed E-state index contributed by atoms with van der Waals surface area (Å²) in [6.07, 6.45) is 3.96. The van der Waals surface area contributed by atoms with Gasteiger partial charge >= 0.3 is 0 Å². The highest BCUT2D eigenvalue weighted by atomic mass is 127. The highest BCUT2D eigenvalue weighted by Crippen LogP contribution is 2.27. The molecule has 0 radical (unpaired) electrons. The van der Waals surface area contributed by atoms with E-state index >= 15 is 0 Å². The molecule has 2 aromatic rings. The number of anilines is 2. The van der Waals surface area contributed by atoms with Crippen LogP contribution in [0.25, 0.3) is 0 Å². The molecule has 102 valence electrons. The van der Waals surface area contributed by atoms with E-state index in [1.54, 1.807) is 24.5 Å². The Morgan fingerprint density at radius 2 is 2.15 bits per heavy atom. The van der Waals surface area contributed by atoms with Crippen molar-refractivity contribution in [3.63, 3.8) is 0 Å². The van der Waals surface area contributed by atoms with E-state index in [2.05, 4.69) is 15.6 Å². The first-order valence-corrected chi connectivity index (χ1v) is 7.20. The minimum absolute atomic E-state index is 0.151. The smallest absolute Gasteiger partial charge is 0.253 e. The zero-order chi connectivity index (χ0) is 14.1. The number of carbonyl (C=O) groups excluding carboxylic acids is 1. The average Bonchev–Trinajstić information content (AvgIpc) is 2.42. The largest absolute Gasteiger partial charge is 0.352 e. The minimum Gasteiger partial charge on any atom is -0.352 e. The number of nitrogens with zero attached hydrogens (tertiary/aromatic N) is 1. The summed E-state index contributed by atoms with van der Waals surface area (Å²) in [5.41, 5.74) is 2.28. The predicted octanol–water partition coefficient (Wildman–Crippen LogP) is 2.85. The van der Waals surface area contributed by atoms with Gasteiger partial charge in [-0.05, 0) is 52.8 Å². The highest BCUT2D eigenvalue weighted by molar-refractivity contribution is 14.1. The number of rotatable bonds is 2. The van der Waals surface area contributed by atoms with Crippen LogP contribution in [0, 0.1) is 9.39 Å². The summed E-state index contributed by atoms with van der Waals surface area (Å²) in [6.45, 7) is 0.606. The third-order valence-electron chi connectivity index (χ3n) is 3.13. The van der Waals surface area contributed by atoms with E-state index < -0.39 is 0 Å². The van der Waals surface area contributed by atoms with Crippen LogP contribution in [-0.2, 0) is 6.42 Å². The van der Waals surface area contributed by atoms with E-state index in [4.69, 9.17) is 0 Å². The zero-order valence-corrected chi connectivity index (χ0v) is 12.6. The van der Waals surface area contributed by atoms with Crippen LogP contribution in [0.15, 0.2) is 30.6 Å². The molecule has 4 nitrogen and oxygen atoms in total. The van der Waals surface area contributed by atoms with Gasteiger partial charge in [0.25, 0.3) is 5.91 Å². The van der Waals surface area contributed by atoms with Crippen LogP contribution in [0.1, 0.15) is 15.9 Å². The molecule has 1 aliphatic heterocycles. The van der Waals surface area contributed by atoms with Crippen molar-refractivity contribution in [2.75, 3.05) is 11.9 Å². The monoisotopic (exact) mass is 383 g/mol. The van der Waals surface area contributed by atoms with Crippen molar-refractivity contribution in [1.82, 2.24) is 10.3 Å². The van der Waals surface area contributed by atoms with E-state index in [0.29, 0.717) is 23.5 Å². The van der Waals surface area contributed by atoms with Gasteiger partial charge in [-0.2, -0.15) is 0 Å². The fraction of sp³-hybridized carbons (Fsp3) is 0.143. The summed E-state index contributed by atoms with van der Waals surface area (Å²) < 4.78 is 14.7. The van der Waals surface area contributed by atoms with Gasteiger partial charge in [-0.15, -0.1) is 0 Å². The van der Waals surface area contributed by atoms with Crippen LogP contribution in [0.4, 0.5) is 15.8 Å². The van der Waals surface area contributed by atoms with E-state index in [1.165, 1.54) is 6.07 Å². The molecule has 2 N–H and O–H groups in total. The average molecular weight is 383 g/mol. The summed E-state index contributed by atoms with van der Waals surface area (Å²) in [4.78, 5) is 16.1. The summed E-state index contributed by atoms with van der Waals surface area (Å²) in [6, 6.07) is 4.89. The number of halogens is 2. The molecule has 0 bridgehead atoms. The first-order chi connectivity index (χ1) is 9.65. The van der Waals surface area contributed by atoms with Gasteiger partial charge in [0.1, 0.15) is 5.82 Å². The summed E-state index contributed by atoms with van der Waals surface area (Å²) in [5, 5.41) is 5.74. The molecular weight excluding hydrogens is 372 g/mol. The van der Waals surface area contributed by atoms with E-state index in [1.807, 2.05) is 22.6 Å². The fourth-order valence-corrected chi connectivity index (χ4v) is 2.64. The van der Waals surface area contributed by atoms with Gasteiger partial charge in [-0.1, -0.05) is 0 Å². The van der Waals surface area contributed by atoms with Gasteiger partial charge in [-0.3, -0.25) is 9.78 Å². The van der Waals surface area contributed by atoms with Crippen molar-refractivity contribution < 1.29 is 9.18 Å². The van der Waals surface area contributed by atoms with Crippen molar-refractivity contribution in [3.8, 4) is 0 Å². The van der Waals surface area contributed by atoms with Crippen LogP contribution < -0.4 is 10.6 Å². The lowest BCUT2D eigenvalue weighted by Crippen LogP contribution is -2.32. The lowest BCUT2D eigenvalue weighted by Gasteiger charge is -2.19. The topological polar surface area (TPSA) is 54.0 Å². The van der Waals surface area contributed by atoms with E-state index in [-0.39, 0.29) is 11.7 Å². The summed E-state index contributed by atoms with van der Waals surface area (Å²) in [5.74, 6) is -0.507. The Labute approximate surface area is 128 Å². The molecule has 0 saturated heterocycles. The number of pyridine rings is 1. The number of aromatic nitrogens is 1. The van der Waals surface area contributed by atoms with E-state index in [9.17, 15) is 9.18 Å².